The lowest BCUT2D eigenvalue weighted by Gasteiger charge is -2.04. The molecule has 0 aliphatic rings. The highest BCUT2D eigenvalue weighted by Crippen LogP contribution is 2.27. The van der Waals surface area contributed by atoms with Gasteiger partial charge in [0.2, 0.25) is 0 Å². The smallest absolute Gasteiger partial charge is 0.149 e. The maximum atomic E-state index is 12.1. The first kappa shape index (κ1) is 15.3. The minimum Gasteiger partial charge on any atom is -0.298 e. The van der Waals surface area contributed by atoms with E-state index < -0.39 is 0 Å². The lowest BCUT2D eigenvalue weighted by Crippen LogP contribution is -2.09. The molecule has 2 rings (SSSR count). The lowest BCUT2D eigenvalue weighted by atomic mass is 10.2. The normalized spacial score (nSPS) is 10.8. The van der Waals surface area contributed by atoms with E-state index in [0.29, 0.717) is 12.2 Å². The van der Waals surface area contributed by atoms with Crippen LogP contribution in [0, 0.1) is 0 Å². The summed E-state index contributed by atoms with van der Waals surface area (Å²) in [5, 5.41) is 4.36. The highest BCUT2D eigenvalue weighted by atomic mass is 79.9. The molecule has 5 heteroatoms. The van der Waals surface area contributed by atoms with Gasteiger partial charge in [-0.2, -0.15) is 5.10 Å². The van der Waals surface area contributed by atoms with Gasteiger partial charge in [0, 0.05) is 28.5 Å². The van der Waals surface area contributed by atoms with Crippen molar-refractivity contribution in [3.63, 3.8) is 0 Å². The number of nitrogens with zero attached hydrogens (tertiary/aromatic N) is 2. The largest absolute Gasteiger partial charge is 0.298 e. The Bertz CT molecular complexity index is 610. The van der Waals surface area contributed by atoms with Crippen molar-refractivity contribution in [3.05, 3.63) is 46.2 Å². The van der Waals surface area contributed by atoms with E-state index in [1.165, 1.54) is 0 Å². The molecule has 2 aromatic rings. The van der Waals surface area contributed by atoms with Gasteiger partial charge >= 0.3 is 0 Å². The monoisotopic (exact) mass is 352 g/mol. The molecular weight excluding hydrogens is 336 g/mol. The quantitative estimate of drug-likeness (QED) is 0.744. The van der Waals surface area contributed by atoms with Crippen LogP contribution in [-0.4, -0.2) is 21.3 Å². The highest BCUT2D eigenvalue weighted by molar-refractivity contribution is 9.10. The number of thioether (sulfide) groups is 1. The molecule has 1 aromatic carbocycles. The van der Waals surface area contributed by atoms with E-state index in [2.05, 4.69) is 28.0 Å². The summed E-state index contributed by atoms with van der Waals surface area (Å²) < 4.78 is 2.84. The Morgan fingerprint density at radius 2 is 2.15 bits per heavy atom. The number of carbonyl (C=O) groups is 1. The van der Waals surface area contributed by atoms with Crippen LogP contribution in [-0.2, 0) is 24.7 Å². The van der Waals surface area contributed by atoms with Crippen molar-refractivity contribution in [2.75, 3.05) is 5.75 Å². The minimum atomic E-state index is 0.219. The second-order valence-electron chi connectivity index (χ2n) is 4.54. The number of carbonyl (C=O) groups excluding carboxylic acids is 1. The SMILES string of the molecule is CCc1cc(CC(=O)CSc2ccccc2Br)n(C)n1. The van der Waals surface area contributed by atoms with E-state index in [1.54, 1.807) is 16.4 Å². The van der Waals surface area contributed by atoms with Gasteiger partial charge in [0.25, 0.3) is 0 Å². The Morgan fingerprint density at radius 3 is 2.80 bits per heavy atom. The number of ketones is 1. The van der Waals surface area contributed by atoms with E-state index in [9.17, 15) is 4.79 Å². The van der Waals surface area contributed by atoms with Crippen LogP contribution in [0.1, 0.15) is 18.3 Å². The molecule has 0 bridgehead atoms. The topological polar surface area (TPSA) is 34.9 Å². The summed E-state index contributed by atoms with van der Waals surface area (Å²) in [7, 11) is 1.89. The Labute approximate surface area is 131 Å². The van der Waals surface area contributed by atoms with Gasteiger partial charge in [0.1, 0.15) is 5.78 Å². The summed E-state index contributed by atoms with van der Waals surface area (Å²) in [6.07, 6.45) is 1.34. The van der Waals surface area contributed by atoms with Gasteiger partial charge in [-0.15, -0.1) is 11.8 Å². The van der Waals surface area contributed by atoms with Gasteiger partial charge in [0.15, 0.2) is 0 Å². The molecule has 3 nitrogen and oxygen atoms in total. The number of Topliss-reactive ketones (excluding diaryl/α,β-unsaturated/α-hetero) is 1. The summed E-state index contributed by atoms with van der Waals surface area (Å²) in [6.45, 7) is 2.07. The summed E-state index contributed by atoms with van der Waals surface area (Å²) in [6, 6.07) is 9.97. The number of hydrogen-bond acceptors (Lipinski definition) is 3. The summed E-state index contributed by atoms with van der Waals surface area (Å²) in [5.41, 5.74) is 2.02. The fraction of sp³-hybridized carbons (Fsp3) is 0.333. The summed E-state index contributed by atoms with van der Waals surface area (Å²) in [5.74, 6) is 0.700. The molecule has 0 radical (unpaired) electrons. The first-order valence-corrected chi connectivity index (χ1v) is 8.28. The Balaban J connectivity index is 1.92. The van der Waals surface area contributed by atoms with Crippen molar-refractivity contribution >= 4 is 33.5 Å². The third-order valence-electron chi connectivity index (χ3n) is 2.99. The average molecular weight is 353 g/mol. The van der Waals surface area contributed by atoms with Gasteiger partial charge in [-0.1, -0.05) is 19.1 Å². The second-order valence-corrected chi connectivity index (χ2v) is 6.41. The van der Waals surface area contributed by atoms with Gasteiger partial charge in [-0.3, -0.25) is 9.48 Å². The second kappa shape index (κ2) is 7.09. The number of aromatic nitrogens is 2. The predicted molar refractivity (Wildman–Crippen MR) is 86.2 cm³/mol. The van der Waals surface area contributed by atoms with Crippen molar-refractivity contribution in [3.8, 4) is 0 Å². The van der Waals surface area contributed by atoms with Crippen LogP contribution in [0.5, 0.6) is 0 Å². The summed E-state index contributed by atoms with van der Waals surface area (Å²) >= 11 is 5.06. The van der Waals surface area contributed by atoms with Gasteiger partial charge in [-0.25, -0.2) is 0 Å². The molecule has 1 aromatic heterocycles. The van der Waals surface area contributed by atoms with Crippen LogP contribution in [0.2, 0.25) is 0 Å². The molecule has 106 valence electrons. The fourth-order valence-corrected chi connectivity index (χ4v) is 3.31. The molecule has 0 amide bonds. The van der Waals surface area contributed by atoms with E-state index in [1.807, 2.05) is 37.4 Å². The van der Waals surface area contributed by atoms with E-state index in [0.717, 1.165) is 27.2 Å². The molecule has 0 saturated carbocycles. The third-order valence-corrected chi connectivity index (χ3v) is 5.08. The zero-order valence-electron chi connectivity index (χ0n) is 11.6. The molecule has 0 aliphatic carbocycles. The maximum Gasteiger partial charge on any atom is 0.149 e. The molecular formula is C15H17BrN2OS. The van der Waals surface area contributed by atoms with Crippen LogP contribution in [0.3, 0.4) is 0 Å². The van der Waals surface area contributed by atoms with Crippen molar-refractivity contribution in [2.45, 2.75) is 24.7 Å². The Morgan fingerprint density at radius 1 is 1.40 bits per heavy atom. The zero-order valence-corrected chi connectivity index (χ0v) is 14.0. The molecule has 20 heavy (non-hydrogen) atoms. The third kappa shape index (κ3) is 3.96. The first-order valence-electron chi connectivity index (χ1n) is 6.51. The van der Waals surface area contributed by atoms with E-state index >= 15 is 0 Å². The van der Waals surface area contributed by atoms with Crippen molar-refractivity contribution in [1.29, 1.82) is 0 Å². The van der Waals surface area contributed by atoms with Gasteiger partial charge in [-0.05, 0) is 40.5 Å². The molecule has 0 fully saturated rings. The predicted octanol–water partition coefficient (Wildman–Crippen LogP) is 3.65. The van der Waals surface area contributed by atoms with E-state index in [-0.39, 0.29) is 5.78 Å². The minimum absolute atomic E-state index is 0.219. The molecule has 0 unspecified atom stereocenters. The number of hydrogen-bond donors (Lipinski definition) is 0. The van der Waals surface area contributed by atoms with Crippen LogP contribution in [0.15, 0.2) is 39.7 Å². The number of aryl methyl sites for hydroxylation is 2. The maximum absolute atomic E-state index is 12.1. The zero-order chi connectivity index (χ0) is 14.5. The molecule has 1 heterocycles. The van der Waals surface area contributed by atoms with Crippen LogP contribution in [0.25, 0.3) is 0 Å². The Hall–Kier alpha value is -1.07. The van der Waals surface area contributed by atoms with Gasteiger partial charge in [0.05, 0.1) is 11.4 Å². The van der Waals surface area contributed by atoms with Crippen molar-refractivity contribution < 1.29 is 4.79 Å². The van der Waals surface area contributed by atoms with Crippen LogP contribution >= 0.6 is 27.7 Å². The van der Waals surface area contributed by atoms with E-state index in [4.69, 9.17) is 0 Å². The fourth-order valence-electron chi connectivity index (χ4n) is 1.88. The van der Waals surface area contributed by atoms with Gasteiger partial charge < -0.3 is 0 Å². The first-order chi connectivity index (χ1) is 9.60. The molecule has 0 atom stereocenters. The van der Waals surface area contributed by atoms with Crippen molar-refractivity contribution in [2.24, 2.45) is 7.05 Å². The highest BCUT2D eigenvalue weighted by Gasteiger charge is 2.10. The average Bonchev–Trinajstić information content (AvgIpc) is 2.78. The van der Waals surface area contributed by atoms with Crippen LogP contribution < -0.4 is 0 Å². The molecule has 0 aliphatic heterocycles. The number of benzene rings is 1. The standard InChI is InChI=1S/C15H17BrN2OS/c1-3-11-8-12(18(2)17-11)9-13(19)10-20-15-7-5-4-6-14(15)16/h4-8H,3,9-10H2,1-2H3. The molecule has 0 spiro atoms. The molecule has 0 saturated heterocycles. The Kier molecular flexibility index (Phi) is 5.43. The lowest BCUT2D eigenvalue weighted by molar-refractivity contribution is -0.116. The number of rotatable bonds is 6. The number of halogens is 1. The molecule has 0 N–H and O–H groups in total. The van der Waals surface area contributed by atoms with Crippen molar-refractivity contribution in [1.82, 2.24) is 9.78 Å². The van der Waals surface area contributed by atoms with Crippen LogP contribution in [0.4, 0.5) is 0 Å². The summed E-state index contributed by atoms with van der Waals surface area (Å²) in [4.78, 5) is 13.2.